The largest absolute Gasteiger partial charge is 0.358 e. The molecule has 1 aromatic carbocycles. The van der Waals surface area contributed by atoms with E-state index in [1.807, 2.05) is 22.6 Å². The van der Waals surface area contributed by atoms with Crippen molar-refractivity contribution in [2.45, 2.75) is 0 Å². The van der Waals surface area contributed by atoms with Crippen LogP contribution in [0.2, 0.25) is 0 Å². The second kappa shape index (κ2) is 6.14. The van der Waals surface area contributed by atoms with Gasteiger partial charge in [0.2, 0.25) is 5.78 Å². The maximum atomic E-state index is 4.08. The molecule has 3 heterocycles. The maximum Gasteiger partial charge on any atom is 0.225 e. The van der Waals surface area contributed by atoms with Crippen molar-refractivity contribution in [3.63, 3.8) is 0 Å². The molecule has 0 N–H and O–H groups in total. The third-order valence-corrected chi connectivity index (χ3v) is 2.61. The summed E-state index contributed by atoms with van der Waals surface area (Å²) < 4.78 is 3.69. The summed E-state index contributed by atoms with van der Waals surface area (Å²) in [5, 5.41) is 16.8. The van der Waals surface area contributed by atoms with Gasteiger partial charge in [-0.15, -0.1) is 39.6 Å². The van der Waals surface area contributed by atoms with Gasteiger partial charge in [0.1, 0.15) is 12.7 Å². The molecule has 96 valence electrons. The predicted octanol–water partition coefficient (Wildman–Crippen LogP) is 1.17. The van der Waals surface area contributed by atoms with Gasteiger partial charge in [-0.25, -0.2) is 0 Å². The molecule has 0 fully saturated rings. The Kier molecular flexibility index (Phi) is 5.27. The van der Waals surface area contributed by atoms with Gasteiger partial charge >= 0.3 is 0 Å². The first-order chi connectivity index (χ1) is 7.95. The van der Waals surface area contributed by atoms with Crippen molar-refractivity contribution in [1.29, 1.82) is 0 Å². The monoisotopic (exact) mass is 506 g/mol. The molecule has 0 aliphatic rings. The van der Waals surface area contributed by atoms with Crippen LogP contribution in [-0.2, 0) is 52.8 Å². The van der Waals surface area contributed by atoms with E-state index in [1.54, 1.807) is 17.1 Å². The Bertz CT molecular complexity index is 755. The van der Waals surface area contributed by atoms with Gasteiger partial charge in [0.15, 0.2) is 0 Å². The molecule has 0 saturated carbocycles. The van der Waals surface area contributed by atoms with Gasteiger partial charge in [-0.05, 0) is 5.52 Å². The fraction of sp³-hybridized carbons (Fsp3) is 0. The molecule has 0 bridgehead atoms. The molecule has 0 aliphatic heterocycles. The summed E-state index contributed by atoms with van der Waals surface area (Å²) in [7, 11) is 0. The quantitative estimate of drug-likeness (QED) is 0.337. The van der Waals surface area contributed by atoms with E-state index in [0.717, 1.165) is 16.6 Å². The van der Waals surface area contributed by atoms with Crippen LogP contribution in [0.5, 0.6) is 0 Å². The van der Waals surface area contributed by atoms with Gasteiger partial charge < -0.3 is 11.8 Å². The van der Waals surface area contributed by atoms with Crippen LogP contribution in [0.4, 0.5) is 0 Å². The fourth-order valence-electron chi connectivity index (χ4n) is 1.92. The Morgan fingerprint density at radius 3 is 2.63 bits per heavy atom. The minimum atomic E-state index is 0. The zero-order chi connectivity index (χ0) is 10.5. The van der Waals surface area contributed by atoms with E-state index in [0.29, 0.717) is 5.78 Å². The minimum Gasteiger partial charge on any atom is -0.358 e. The molecular weight excluding hydrogens is 497 g/mol. The predicted molar refractivity (Wildman–Crippen MR) is 62.3 cm³/mol. The SMILES string of the molecule is [CH3-].[Ir].[Y].[c-]1cccc2c1c1nncn1c1nncn21. The van der Waals surface area contributed by atoms with Crippen LogP contribution in [0.15, 0.2) is 30.9 Å². The number of fused-ring (bicyclic) bond motifs is 6. The van der Waals surface area contributed by atoms with E-state index < -0.39 is 0 Å². The standard InChI is InChI=1S/C10H5N6.CH3.Ir.Y/c1-2-4-8-7(3-1)9-13-11-6-16(9)10-14-12-5-15(8)10;;;/h1-2,4-6H;1H3;;/q2*-1;;. The second-order valence-corrected chi connectivity index (χ2v) is 3.46. The maximum absolute atomic E-state index is 4.08. The first-order valence-corrected chi connectivity index (χ1v) is 4.77. The van der Waals surface area contributed by atoms with Crippen LogP contribution in [-0.4, -0.2) is 29.2 Å². The van der Waals surface area contributed by atoms with Crippen molar-refractivity contribution in [3.8, 4) is 0 Å². The molecule has 0 atom stereocenters. The molecule has 0 aliphatic carbocycles. The summed E-state index contributed by atoms with van der Waals surface area (Å²) in [5.74, 6) is 0.701. The Labute approximate surface area is 147 Å². The molecule has 3 aromatic heterocycles. The Morgan fingerprint density at radius 1 is 1.05 bits per heavy atom. The van der Waals surface area contributed by atoms with E-state index in [4.69, 9.17) is 0 Å². The first-order valence-electron chi connectivity index (χ1n) is 4.77. The van der Waals surface area contributed by atoms with Crippen molar-refractivity contribution < 1.29 is 52.8 Å². The zero-order valence-corrected chi connectivity index (χ0v) is 15.2. The van der Waals surface area contributed by atoms with Crippen LogP contribution in [0, 0.1) is 13.5 Å². The number of hydrogen-bond acceptors (Lipinski definition) is 4. The summed E-state index contributed by atoms with van der Waals surface area (Å²) in [6, 6.07) is 8.92. The number of benzene rings is 1. The van der Waals surface area contributed by atoms with Gasteiger partial charge in [-0.1, -0.05) is 5.39 Å². The normalized spacial score (nSPS) is 9.89. The van der Waals surface area contributed by atoms with Gasteiger partial charge in [-0.2, -0.15) is 5.10 Å². The summed E-state index contributed by atoms with van der Waals surface area (Å²) in [6.45, 7) is 0. The molecule has 8 heteroatoms. The Balaban J connectivity index is 0.000000602. The molecule has 0 spiro atoms. The van der Waals surface area contributed by atoms with Crippen LogP contribution in [0.1, 0.15) is 0 Å². The molecule has 0 saturated heterocycles. The van der Waals surface area contributed by atoms with Gasteiger partial charge in [0.25, 0.3) is 0 Å². The summed E-state index contributed by atoms with van der Waals surface area (Å²) >= 11 is 0. The molecular formula is C11H8IrN6Y-2. The Hall–Kier alpha value is -0.747. The van der Waals surface area contributed by atoms with Crippen LogP contribution in [0.25, 0.3) is 22.3 Å². The number of hydrogen-bond donors (Lipinski definition) is 0. The topological polar surface area (TPSA) is 60.4 Å². The van der Waals surface area contributed by atoms with Crippen molar-refractivity contribution in [2.24, 2.45) is 0 Å². The third-order valence-electron chi connectivity index (χ3n) is 2.61. The van der Waals surface area contributed by atoms with E-state index in [2.05, 4.69) is 26.5 Å². The van der Waals surface area contributed by atoms with Crippen LogP contribution < -0.4 is 0 Å². The first kappa shape index (κ1) is 16.3. The van der Waals surface area contributed by atoms with Crippen LogP contribution in [0.3, 0.4) is 0 Å². The fourth-order valence-corrected chi connectivity index (χ4v) is 1.92. The molecule has 0 unspecified atom stereocenters. The molecule has 4 aromatic rings. The summed E-state index contributed by atoms with van der Waals surface area (Å²) in [5.41, 5.74) is 1.72. The molecule has 6 nitrogen and oxygen atoms in total. The van der Waals surface area contributed by atoms with Gasteiger partial charge in [0, 0.05) is 52.8 Å². The van der Waals surface area contributed by atoms with Gasteiger partial charge in [-0.3, -0.25) is 4.40 Å². The molecule has 0 amide bonds. The Morgan fingerprint density at radius 2 is 1.79 bits per heavy atom. The number of rotatable bonds is 0. The third kappa shape index (κ3) is 2.25. The van der Waals surface area contributed by atoms with E-state index in [1.165, 1.54) is 0 Å². The molecule has 19 heavy (non-hydrogen) atoms. The van der Waals surface area contributed by atoms with E-state index in [-0.39, 0.29) is 60.2 Å². The van der Waals surface area contributed by atoms with Crippen molar-refractivity contribution >= 4 is 22.3 Å². The van der Waals surface area contributed by atoms with E-state index >= 15 is 0 Å². The van der Waals surface area contributed by atoms with Crippen molar-refractivity contribution in [1.82, 2.24) is 29.2 Å². The molecule has 4 rings (SSSR count). The summed E-state index contributed by atoms with van der Waals surface area (Å²) in [6.07, 6.45) is 3.30. The number of aromatic nitrogens is 6. The second-order valence-electron chi connectivity index (χ2n) is 3.46. The van der Waals surface area contributed by atoms with Crippen molar-refractivity contribution in [2.75, 3.05) is 0 Å². The van der Waals surface area contributed by atoms with E-state index in [9.17, 15) is 0 Å². The number of nitrogens with zero attached hydrogens (tertiary/aromatic N) is 6. The average molecular weight is 505 g/mol. The summed E-state index contributed by atoms with van der Waals surface area (Å²) in [4.78, 5) is 0. The smallest absolute Gasteiger partial charge is 0.225 e. The zero-order valence-electron chi connectivity index (χ0n) is 9.98. The van der Waals surface area contributed by atoms with Crippen LogP contribution >= 0.6 is 0 Å². The average Bonchev–Trinajstić information content (AvgIpc) is 2.98. The molecule has 2 radical (unpaired) electrons. The van der Waals surface area contributed by atoms with Crippen molar-refractivity contribution in [3.05, 3.63) is 44.3 Å². The van der Waals surface area contributed by atoms with Gasteiger partial charge in [0.05, 0.1) is 5.65 Å². The minimum absolute atomic E-state index is 0.